The highest BCUT2D eigenvalue weighted by atomic mass is 16.2. The molecule has 1 aliphatic heterocycles. The van der Waals surface area contributed by atoms with Crippen molar-refractivity contribution in [3.8, 4) is 0 Å². The summed E-state index contributed by atoms with van der Waals surface area (Å²) in [4.78, 5) is 30.9. The van der Waals surface area contributed by atoms with Crippen molar-refractivity contribution in [3.63, 3.8) is 0 Å². The number of hydrogen-bond acceptors (Lipinski definition) is 4. The van der Waals surface area contributed by atoms with Gasteiger partial charge in [-0.1, -0.05) is 44.2 Å². The molecule has 0 radical (unpaired) electrons. The summed E-state index contributed by atoms with van der Waals surface area (Å²) in [5, 5.41) is 0.624. The van der Waals surface area contributed by atoms with Crippen LogP contribution in [0, 0.1) is 5.92 Å². The highest BCUT2D eigenvalue weighted by Gasteiger charge is 2.18. The van der Waals surface area contributed by atoms with E-state index in [1.807, 2.05) is 38.1 Å². The minimum absolute atomic E-state index is 0.178. The second-order valence-corrected chi connectivity index (χ2v) is 8.78. The first-order chi connectivity index (χ1) is 15.0. The van der Waals surface area contributed by atoms with E-state index in [2.05, 4.69) is 40.1 Å². The van der Waals surface area contributed by atoms with E-state index in [0.29, 0.717) is 18.5 Å². The topological polar surface area (TPSA) is 50.5 Å². The number of para-hydroxylation sites is 2. The minimum atomic E-state index is -0.189. The smallest absolute Gasteiger partial charge is 0.331 e. The summed E-state index contributed by atoms with van der Waals surface area (Å²) in [6.45, 7) is 10.2. The molecule has 0 atom stereocenters. The molecule has 31 heavy (non-hydrogen) atoms. The molecule has 0 amide bonds. The molecule has 0 aliphatic carbocycles. The zero-order valence-corrected chi connectivity index (χ0v) is 18.5. The van der Waals surface area contributed by atoms with Crippen molar-refractivity contribution in [3.05, 3.63) is 75.4 Å². The van der Waals surface area contributed by atoms with Gasteiger partial charge in [-0.3, -0.25) is 18.8 Å². The van der Waals surface area contributed by atoms with Gasteiger partial charge in [0.1, 0.15) is 0 Å². The van der Waals surface area contributed by atoms with Gasteiger partial charge < -0.3 is 4.90 Å². The van der Waals surface area contributed by atoms with Crippen LogP contribution in [0.3, 0.4) is 0 Å². The first-order valence-corrected chi connectivity index (χ1v) is 11.3. The molecular formula is C25H32N4O2. The number of fused-ring (bicyclic) bond motifs is 1. The number of benzene rings is 2. The largest absolute Gasteiger partial charge is 0.369 e. The molecule has 1 saturated heterocycles. The van der Waals surface area contributed by atoms with Gasteiger partial charge in [0.15, 0.2) is 0 Å². The van der Waals surface area contributed by atoms with Gasteiger partial charge in [-0.05, 0) is 43.1 Å². The van der Waals surface area contributed by atoms with E-state index in [9.17, 15) is 9.59 Å². The highest BCUT2D eigenvalue weighted by Crippen LogP contribution is 2.16. The molecule has 3 aromatic rings. The second kappa shape index (κ2) is 9.52. The standard InChI is InChI=1S/C25H32N4O2/c1-20(2)19-29-24(30)22-11-6-7-12-23(22)28(25(29)31)14-8-13-26-15-17-27(18-16-26)21-9-4-3-5-10-21/h3-7,9-12,20H,8,13-19H2,1-2H3. The maximum atomic E-state index is 13.1. The summed E-state index contributed by atoms with van der Waals surface area (Å²) in [6, 6.07) is 18.0. The predicted molar refractivity (Wildman–Crippen MR) is 127 cm³/mol. The Morgan fingerprint density at radius 2 is 1.48 bits per heavy atom. The van der Waals surface area contributed by atoms with Crippen molar-refractivity contribution in [2.75, 3.05) is 37.6 Å². The van der Waals surface area contributed by atoms with Crippen molar-refractivity contribution >= 4 is 16.6 Å². The molecule has 2 heterocycles. The van der Waals surface area contributed by atoms with E-state index in [0.717, 1.165) is 44.7 Å². The maximum absolute atomic E-state index is 13.1. The molecule has 1 aliphatic rings. The summed E-state index contributed by atoms with van der Waals surface area (Å²) in [5.74, 6) is 0.237. The lowest BCUT2D eigenvalue weighted by Gasteiger charge is -2.36. The van der Waals surface area contributed by atoms with Gasteiger partial charge >= 0.3 is 5.69 Å². The molecule has 164 valence electrons. The van der Waals surface area contributed by atoms with Crippen LogP contribution in [0.25, 0.3) is 10.9 Å². The quantitative estimate of drug-likeness (QED) is 0.590. The van der Waals surface area contributed by atoms with Crippen molar-refractivity contribution in [1.29, 1.82) is 0 Å². The summed E-state index contributed by atoms with van der Waals surface area (Å²) >= 11 is 0. The van der Waals surface area contributed by atoms with Crippen LogP contribution < -0.4 is 16.1 Å². The van der Waals surface area contributed by atoms with Crippen LogP contribution in [-0.2, 0) is 13.1 Å². The fraction of sp³-hybridized carbons (Fsp3) is 0.440. The van der Waals surface area contributed by atoms with Crippen molar-refractivity contribution < 1.29 is 0 Å². The molecule has 0 spiro atoms. The number of aryl methyl sites for hydroxylation is 1. The third-order valence-corrected chi connectivity index (χ3v) is 6.03. The molecule has 0 unspecified atom stereocenters. The summed E-state index contributed by atoms with van der Waals surface area (Å²) in [6.07, 6.45) is 0.884. The fourth-order valence-corrected chi connectivity index (χ4v) is 4.43. The Kier molecular flexibility index (Phi) is 6.56. The van der Waals surface area contributed by atoms with Crippen molar-refractivity contribution in [2.24, 2.45) is 5.92 Å². The Morgan fingerprint density at radius 3 is 2.19 bits per heavy atom. The fourth-order valence-electron chi connectivity index (χ4n) is 4.43. The molecule has 1 aromatic heterocycles. The number of aromatic nitrogens is 2. The van der Waals surface area contributed by atoms with E-state index in [-0.39, 0.29) is 17.2 Å². The number of piperazine rings is 1. The number of nitrogens with zero attached hydrogens (tertiary/aromatic N) is 4. The van der Waals surface area contributed by atoms with Crippen LogP contribution in [-0.4, -0.2) is 46.8 Å². The van der Waals surface area contributed by atoms with Gasteiger partial charge in [-0.2, -0.15) is 0 Å². The monoisotopic (exact) mass is 420 g/mol. The maximum Gasteiger partial charge on any atom is 0.331 e. The summed E-state index contributed by atoms with van der Waals surface area (Å²) in [5.41, 5.74) is 1.66. The molecule has 4 rings (SSSR count). The predicted octanol–water partition coefficient (Wildman–Crippen LogP) is 3.03. The van der Waals surface area contributed by atoms with E-state index in [4.69, 9.17) is 0 Å². The highest BCUT2D eigenvalue weighted by molar-refractivity contribution is 5.77. The van der Waals surface area contributed by atoms with Crippen LogP contribution in [0.2, 0.25) is 0 Å². The first-order valence-electron chi connectivity index (χ1n) is 11.3. The first kappa shape index (κ1) is 21.4. The molecule has 0 N–H and O–H groups in total. The molecule has 0 saturated carbocycles. The molecule has 6 nitrogen and oxygen atoms in total. The molecular weight excluding hydrogens is 388 g/mol. The van der Waals surface area contributed by atoms with Crippen LogP contribution in [0.5, 0.6) is 0 Å². The third-order valence-electron chi connectivity index (χ3n) is 6.03. The lowest BCUT2D eigenvalue weighted by atomic mass is 10.2. The van der Waals surface area contributed by atoms with E-state index >= 15 is 0 Å². The average molecular weight is 421 g/mol. The lowest BCUT2D eigenvalue weighted by molar-refractivity contribution is 0.250. The van der Waals surface area contributed by atoms with Gasteiger partial charge in [0.2, 0.25) is 0 Å². The Hall–Kier alpha value is -2.86. The Labute approximate surface area is 183 Å². The Bertz CT molecular complexity index is 1130. The van der Waals surface area contributed by atoms with Gasteiger partial charge in [0, 0.05) is 45.0 Å². The van der Waals surface area contributed by atoms with Crippen molar-refractivity contribution in [1.82, 2.24) is 14.0 Å². The summed E-state index contributed by atoms with van der Waals surface area (Å²) in [7, 11) is 0. The molecule has 2 aromatic carbocycles. The van der Waals surface area contributed by atoms with E-state index in [1.54, 1.807) is 4.57 Å². The zero-order valence-electron chi connectivity index (χ0n) is 18.5. The van der Waals surface area contributed by atoms with Crippen LogP contribution >= 0.6 is 0 Å². The van der Waals surface area contributed by atoms with Crippen LogP contribution in [0.15, 0.2) is 64.2 Å². The van der Waals surface area contributed by atoms with E-state index < -0.39 is 0 Å². The number of anilines is 1. The second-order valence-electron chi connectivity index (χ2n) is 8.78. The van der Waals surface area contributed by atoms with Gasteiger partial charge in [-0.15, -0.1) is 0 Å². The Balaban J connectivity index is 1.44. The molecule has 6 heteroatoms. The normalized spacial score (nSPS) is 15.1. The SMILES string of the molecule is CC(C)Cn1c(=O)c2ccccc2n(CCCN2CCN(c3ccccc3)CC2)c1=O. The summed E-state index contributed by atoms with van der Waals surface area (Å²) < 4.78 is 3.20. The Morgan fingerprint density at radius 1 is 0.806 bits per heavy atom. The van der Waals surface area contributed by atoms with Crippen molar-refractivity contribution in [2.45, 2.75) is 33.4 Å². The van der Waals surface area contributed by atoms with Crippen LogP contribution in [0.4, 0.5) is 5.69 Å². The average Bonchev–Trinajstić information content (AvgIpc) is 2.80. The number of hydrogen-bond donors (Lipinski definition) is 0. The third kappa shape index (κ3) is 4.74. The molecule has 1 fully saturated rings. The van der Waals surface area contributed by atoms with E-state index in [1.165, 1.54) is 10.3 Å². The lowest BCUT2D eigenvalue weighted by Crippen LogP contribution is -2.47. The zero-order chi connectivity index (χ0) is 21.8. The van der Waals surface area contributed by atoms with Gasteiger partial charge in [0.05, 0.1) is 10.9 Å². The minimum Gasteiger partial charge on any atom is -0.369 e. The number of rotatable bonds is 7. The van der Waals surface area contributed by atoms with Crippen LogP contribution in [0.1, 0.15) is 20.3 Å². The van der Waals surface area contributed by atoms with Gasteiger partial charge in [-0.25, -0.2) is 4.79 Å². The van der Waals surface area contributed by atoms with Gasteiger partial charge in [0.25, 0.3) is 5.56 Å². The molecule has 0 bridgehead atoms.